The summed E-state index contributed by atoms with van der Waals surface area (Å²) < 4.78 is 0. The molecule has 0 N–H and O–H groups in total. The third-order valence-electron chi connectivity index (χ3n) is 3.13. The van der Waals surface area contributed by atoms with E-state index >= 15 is 0 Å². The zero-order valence-corrected chi connectivity index (χ0v) is 6.29. The van der Waals surface area contributed by atoms with Crippen LogP contribution >= 0.6 is 0 Å². The number of rotatable bonds is 0. The van der Waals surface area contributed by atoms with Gasteiger partial charge in [-0.1, -0.05) is 0 Å². The van der Waals surface area contributed by atoms with E-state index in [2.05, 4.69) is 9.80 Å². The van der Waals surface area contributed by atoms with Crippen LogP contribution in [0.25, 0.3) is 0 Å². The highest BCUT2D eigenvalue weighted by Crippen LogP contribution is 2.32. The van der Waals surface area contributed by atoms with Crippen LogP contribution in [0.2, 0.25) is 0 Å². The minimum Gasteiger partial charge on any atom is -0.290 e. The summed E-state index contributed by atoms with van der Waals surface area (Å²) in [5, 5.41) is 0. The van der Waals surface area contributed by atoms with E-state index in [1.165, 1.54) is 39.3 Å². The van der Waals surface area contributed by atoms with Crippen molar-refractivity contribution in [2.24, 2.45) is 11.8 Å². The highest BCUT2D eigenvalue weighted by Gasteiger charge is 2.39. The molecule has 4 aliphatic rings. The lowest BCUT2D eigenvalue weighted by Gasteiger charge is -2.53. The third-order valence-corrected chi connectivity index (χ3v) is 3.13. The Morgan fingerprint density at radius 2 is 1.30 bits per heavy atom. The van der Waals surface area contributed by atoms with E-state index < -0.39 is 0 Å². The fourth-order valence-electron chi connectivity index (χ4n) is 3.01. The van der Waals surface area contributed by atoms with Gasteiger partial charge in [-0.2, -0.15) is 0 Å². The highest BCUT2D eigenvalue weighted by atomic mass is 15.4. The predicted molar refractivity (Wildman–Crippen MR) is 39.6 cm³/mol. The van der Waals surface area contributed by atoms with Gasteiger partial charge in [0, 0.05) is 26.2 Å². The molecule has 0 aromatic rings. The Morgan fingerprint density at radius 1 is 0.800 bits per heavy atom. The topological polar surface area (TPSA) is 6.48 Å². The molecule has 4 aliphatic heterocycles. The average molecular weight is 138 g/mol. The molecular weight excluding hydrogens is 124 g/mol. The van der Waals surface area contributed by atoms with Gasteiger partial charge < -0.3 is 0 Å². The van der Waals surface area contributed by atoms with E-state index in [-0.39, 0.29) is 0 Å². The monoisotopic (exact) mass is 138 g/mol. The van der Waals surface area contributed by atoms with Crippen molar-refractivity contribution in [2.75, 3.05) is 32.8 Å². The lowest BCUT2D eigenvalue weighted by Crippen LogP contribution is -2.62. The Bertz CT molecular complexity index is 98.8. The Balaban J connectivity index is 1.90. The van der Waals surface area contributed by atoms with Crippen LogP contribution in [0, 0.1) is 11.8 Å². The van der Waals surface area contributed by atoms with Crippen molar-refractivity contribution < 1.29 is 0 Å². The smallest absolute Gasteiger partial charge is 0.0506 e. The number of hydrogen-bond acceptors (Lipinski definition) is 2. The molecule has 4 rings (SSSR count). The molecule has 4 fully saturated rings. The van der Waals surface area contributed by atoms with Crippen molar-refractivity contribution in [2.45, 2.75) is 6.42 Å². The largest absolute Gasteiger partial charge is 0.290 e. The first kappa shape index (κ1) is 5.56. The zero-order chi connectivity index (χ0) is 6.55. The molecule has 0 unspecified atom stereocenters. The van der Waals surface area contributed by atoms with Crippen LogP contribution in [0.1, 0.15) is 6.42 Å². The molecule has 10 heavy (non-hydrogen) atoms. The first-order chi connectivity index (χ1) is 4.90. The van der Waals surface area contributed by atoms with Gasteiger partial charge in [0.1, 0.15) is 0 Å². The number of nitrogens with zero attached hydrogens (tertiary/aromatic N) is 2. The van der Waals surface area contributed by atoms with E-state index in [1.807, 2.05) is 0 Å². The second-order valence-electron chi connectivity index (χ2n) is 4.18. The third kappa shape index (κ3) is 0.663. The Labute approximate surface area is 61.8 Å². The van der Waals surface area contributed by atoms with Gasteiger partial charge in [0.05, 0.1) is 6.67 Å². The van der Waals surface area contributed by atoms with Crippen LogP contribution in [-0.4, -0.2) is 42.6 Å². The summed E-state index contributed by atoms with van der Waals surface area (Å²) in [6.07, 6.45) is 1.52. The fourth-order valence-corrected chi connectivity index (χ4v) is 3.01. The second kappa shape index (κ2) is 1.74. The fraction of sp³-hybridized carbons (Fsp3) is 1.00. The Kier molecular flexibility index (Phi) is 0.968. The molecule has 0 radical (unpaired) electrons. The molecule has 4 heterocycles. The van der Waals surface area contributed by atoms with Crippen LogP contribution in [0.15, 0.2) is 0 Å². The van der Waals surface area contributed by atoms with Gasteiger partial charge in [-0.3, -0.25) is 9.80 Å². The van der Waals surface area contributed by atoms with Crippen LogP contribution in [0.3, 0.4) is 0 Å². The van der Waals surface area contributed by atoms with E-state index in [4.69, 9.17) is 0 Å². The first-order valence-corrected chi connectivity index (χ1v) is 4.35. The molecule has 0 amide bonds. The van der Waals surface area contributed by atoms with Gasteiger partial charge in [0.2, 0.25) is 0 Å². The van der Waals surface area contributed by atoms with Crippen LogP contribution in [0.5, 0.6) is 0 Å². The molecule has 4 saturated heterocycles. The molecule has 0 aromatic carbocycles. The van der Waals surface area contributed by atoms with Gasteiger partial charge in [-0.05, 0) is 18.3 Å². The molecule has 2 nitrogen and oxygen atoms in total. The standard InChI is InChI=1S/C8H14N2/c1-7-2-9-4-8(1)5-10(3-7)6-9/h7-8H,1-6H2. The molecule has 0 spiro atoms. The summed E-state index contributed by atoms with van der Waals surface area (Å²) in [5.41, 5.74) is 0. The van der Waals surface area contributed by atoms with Crippen molar-refractivity contribution in [1.29, 1.82) is 0 Å². The van der Waals surface area contributed by atoms with Gasteiger partial charge in [-0.15, -0.1) is 0 Å². The van der Waals surface area contributed by atoms with Crippen molar-refractivity contribution >= 4 is 0 Å². The van der Waals surface area contributed by atoms with E-state index in [1.54, 1.807) is 0 Å². The van der Waals surface area contributed by atoms with Gasteiger partial charge in [-0.25, -0.2) is 0 Å². The maximum Gasteiger partial charge on any atom is 0.0506 e. The summed E-state index contributed by atoms with van der Waals surface area (Å²) >= 11 is 0. The minimum absolute atomic E-state index is 1.03. The second-order valence-corrected chi connectivity index (χ2v) is 4.18. The number of piperidine rings is 2. The van der Waals surface area contributed by atoms with Crippen molar-refractivity contribution in [1.82, 2.24) is 9.80 Å². The van der Waals surface area contributed by atoms with E-state index in [0.717, 1.165) is 11.8 Å². The normalized spacial score (nSPS) is 57.6. The molecule has 2 heteroatoms. The molecule has 56 valence electrons. The zero-order valence-electron chi connectivity index (χ0n) is 6.29. The van der Waals surface area contributed by atoms with Crippen LogP contribution < -0.4 is 0 Å². The number of hydrogen-bond donors (Lipinski definition) is 0. The Hall–Kier alpha value is -0.0800. The average Bonchev–Trinajstić information content (AvgIpc) is 1.82. The summed E-state index contributed by atoms with van der Waals surface area (Å²) in [7, 11) is 0. The minimum atomic E-state index is 1.03. The quantitative estimate of drug-likeness (QED) is 0.472. The van der Waals surface area contributed by atoms with Crippen LogP contribution in [-0.2, 0) is 0 Å². The van der Waals surface area contributed by atoms with E-state index in [0.29, 0.717) is 0 Å². The van der Waals surface area contributed by atoms with Gasteiger partial charge >= 0.3 is 0 Å². The summed E-state index contributed by atoms with van der Waals surface area (Å²) in [5.74, 6) is 2.06. The molecule has 0 atom stereocenters. The maximum atomic E-state index is 2.62. The highest BCUT2D eigenvalue weighted by molar-refractivity contribution is 4.91. The molecular formula is C8H14N2. The van der Waals surface area contributed by atoms with Crippen molar-refractivity contribution in [3.05, 3.63) is 0 Å². The lowest BCUT2D eigenvalue weighted by atomic mass is 9.83. The lowest BCUT2D eigenvalue weighted by molar-refractivity contribution is -0.0691. The Morgan fingerprint density at radius 3 is 1.70 bits per heavy atom. The van der Waals surface area contributed by atoms with Crippen molar-refractivity contribution in [3.63, 3.8) is 0 Å². The molecule has 0 aromatic heterocycles. The molecule has 4 bridgehead atoms. The molecule has 0 saturated carbocycles. The first-order valence-electron chi connectivity index (χ1n) is 4.35. The van der Waals surface area contributed by atoms with Crippen molar-refractivity contribution in [3.8, 4) is 0 Å². The SMILES string of the molecule is C1C2CN3CC1CN(C2)C3. The van der Waals surface area contributed by atoms with Gasteiger partial charge in [0.25, 0.3) is 0 Å². The van der Waals surface area contributed by atoms with Gasteiger partial charge in [0.15, 0.2) is 0 Å². The summed E-state index contributed by atoms with van der Waals surface area (Å²) in [6.45, 7) is 6.85. The van der Waals surface area contributed by atoms with Crippen LogP contribution in [0.4, 0.5) is 0 Å². The predicted octanol–water partition coefficient (Wildman–Crippen LogP) is 0.211. The molecule has 0 aliphatic carbocycles. The maximum absolute atomic E-state index is 2.62. The summed E-state index contributed by atoms with van der Waals surface area (Å²) in [4.78, 5) is 5.23. The van der Waals surface area contributed by atoms with E-state index in [9.17, 15) is 0 Å². The summed E-state index contributed by atoms with van der Waals surface area (Å²) in [6, 6.07) is 0.